The normalized spacial score (nSPS) is 10.9. The molecule has 0 aliphatic carbocycles. The van der Waals surface area contributed by atoms with Crippen LogP contribution in [0.2, 0.25) is 15.1 Å². The molecule has 0 saturated heterocycles. The Kier molecular flexibility index (Phi) is 8.94. The monoisotopic (exact) mass is 570 g/mol. The second kappa shape index (κ2) is 12.3. The van der Waals surface area contributed by atoms with Crippen LogP contribution in [0, 0.1) is 0 Å². The first-order chi connectivity index (χ1) is 18.2. The number of carbonyl (C=O) groups is 2. The van der Waals surface area contributed by atoms with Crippen molar-refractivity contribution in [3.63, 3.8) is 0 Å². The van der Waals surface area contributed by atoms with Gasteiger partial charge in [-0.1, -0.05) is 65.1 Å². The minimum absolute atomic E-state index is 0.173. The zero-order valence-electron chi connectivity index (χ0n) is 20.7. The van der Waals surface area contributed by atoms with E-state index >= 15 is 0 Å². The molecule has 7 nitrogen and oxygen atoms in total. The van der Waals surface area contributed by atoms with Crippen molar-refractivity contribution < 1.29 is 14.3 Å². The van der Waals surface area contributed by atoms with E-state index in [0.29, 0.717) is 38.0 Å². The van der Waals surface area contributed by atoms with Crippen molar-refractivity contribution in [2.75, 3.05) is 18.5 Å². The van der Waals surface area contributed by atoms with E-state index in [2.05, 4.69) is 10.4 Å². The summed E-state index contributed by atoms with van der Waals surface area (Å²) < 4.78 is 7.16. The predicted molar refractivity (Wildman–Crippen MR) is 151 cm³/mol. The van der Waals surface area contributed by atoms with Gasteiger partial charge in [0.15, 0.2) is 6.61 Å². The molecular weight excluding hydrogens is 547 g/mol. The summed E-state index contributed by atoms with van der Waals surface area (Å²) in [5.74, 6) is 0.211. The Bertz CT molecular complexity index is 1420. The Balaban J connectivity index is 1.53. The zero-order valence-corrected chi connectivity index (χ0v) is 23.0. The number of hydrogen-bond acceptors (Lipinski definition) is 4. The average molecular weight is 572 g/mol. The molecule has 4 rings (SSSR count). The molecule has 1 aromatic heterocycles. The maximum absolute atomic E-state index is 13.1. The molecule has 0 spiro atoms. The third-order valence-electron chi connectivity index (χ3n) is 5.63. The summed E-state index contributed by atoms with van der Waals surface area (Å²) in [6, 6.07) is 22.9. The van der Waals surface area contributed by atoms with Crippen LogP contribution in [0.4, 0.5) is 5.82 Å². The van der Waals surface area contributed by atoms with Crippen LogP contribution in [0.15, 0.2) is 78.9 Å². The number of hydrogen-bond donors (Lipinski definition) is 1. The standard InChI is InChI=1S/C28H25Cl3N4O3/c1-18(2)34(28(37)17-38-22-11-8-20(29)9-12-22)16-27(36)32-26-15-25(19-6-4-3-5-7-19)33-35(26)21-10-13-23(30)24(31)14-21/h3-15,18H,16-17H2,1-2H3,(H,32,36). The first-order valence-corrected chi connectivity index (χ1v) is 12.9. The molecule has 0 saturated carbocycles. The molecule has 4 aromatic rings. The number of amides is 2. The van der Waals surface area contributed by atoms with E-state index in [1.54, 1.807) is 53.2 Å². The second-order valence-corrected chi connectivity index (χ2v) is 9.95. The molecule has 3 aromatic carbocycles. The van der Waals surface area contributed by atoms with Crippen LogP contribution in [0.25, 0.3) is 16.9 Å². The number of ether oxygens (including phenoxy) is 1. The third kappa shape index (κ3) is 6.86. The largest absolute Gasteiger partial charge is 0.484 e. The first-order valence-electron chi connectivity index (χ1n) is 11.8. The Morgan fingerprint density at radius 2 is 1.66 bits per heavy atom. The highest BCUT2D eigenvalue weighted by Crippen LogP contribution is 2.29. The highest BCUT2D eigenvalue weighted by Gasteiger charge is 2.22. The lowest BCUT2D eigenvalue weighted by atomic mass is 10.1. The Hall–Kier alpha value is -3.52. The lowest BCUT2D eigenvalue weighted by molar-refractivity contribution is -0.138. The van der Waals surface area contributed by atoms with Gasteiger partial charge in [0.1, 0.15) is 18.1 Å². The summed E-state index contributed by atoms with van der Waals surface area (Å²) >= 11 is 18.2. The van der Waals surface area contributed by atoms with Gasteiger partial charge in [0, 0.05) is 22.7 Å². The first kappa shape index (κ1) is 27.5. The second-order valence-electron chi connectivity index (χ2n) is 8.70. The van der Waals surface area contributed by atoms with E-state index in [9.17, 15) is 9.59 Å². The number of benzene rings is 3. The van der Waals surface area contributed by atoms with Gasteiger partial charge in [-0.3, -0.25) is 9.59 Å². The van der Waals surface area contributed by atoms with Gasteiger partial charge < -0.3 is 15.0 Å². The number of halogens is 3. The molecule has 0 aliphatic heterocycles. The highest BCUT2D eigenvalue weighted by molar-refractivity contribution is 6.42. The van der Waals surface area contributed by atoms with Gasteiger partial charge in [-0.25, -0.2) is 4.68 Å². The van der Waals surface area contributed by atoms with Crippen molar-refractivity contribution in [1.29, 1.82) is 0 Å². The van der Waals surface area contributed by atoms with Crippen LogP contribution in [-0.2, 0) is 9.59 Å². The van der Waals surface area contributed by atoms with Gasteiger partial charge in [-0.2, -0.15) is 5.10 Å². The van der Waals surface area contributed by atoms with E-state index in [1.165, 1.54) is 4.90 Å². The van der Waals surface area contributed by atoms with E-state index < -0.39 is 0 Å². The summed E-state index contributed by atoms with van der Waals surface area (Å²) in [5.41, 5.74) is 2.14. The van der Waals surface area contributed by atoms with Gasteiger partial charge in [0.25, 0.3) is 5.91 Å². The number of aromatic nitrogens is 2. The molecule has 1 N–H and O–H groups in total. The molecule has 0 fully saturated rings. The lowest BCUT2D eigenvalue weighted by Gasteiger charge is -2.26. The number of nitrogens with one attached hydrogen (secondary N) is 1. The SMILES string of the molecule is CC(C)N(CC(=O)Nc1cc(-c2ccccc2)nn1-c1ccc(Cl)c(Cl)c1)C(=O)COc1ccc(Cl)cc1. The number of nitrogens with zero attached hydrogens (tertiary/aromatic N) is 3. The van der Waals surface area contributed by atoms with Crippen molar-refractivity contribution in [3.8, 4) is 22.7 Å². The fraction of sp³-hybridized carbons (Fsp3) is 0.179. The maximum Gasteiger partial charge on any atom is 0.261 e. The molecule has 38 heavy (non-hydrogen) atoms. The molecule has 10 heteroatoms. The van der Waals surface area contributed by atoms with E-state index in [0.717, 1.165) is 5.56 Å². The number of anilines is 1. The predicted octanol–water partition coefficient (Wildman–Crippen LogP) is 6.75. The van der Waals surface area contributed by atoms with Gasteiger partial charge in [-0.15, -0.1) is 0 Å². The molecule has 196 valence electrons. The Morgan fingerprint density at radius 1 is 0.947 bits per heavy atom. The molecule has 0 atom stereocenters. The summed E-state index contributed by atoms with van der Waals surface area (Å²) in [4.78, 5) is 27.5. The molecular formula is C28H25Cl3N4O3. The van der Waals surface area contributed by atoms with E-state index in [4.69, 9.17) is 39.5 Å². The molecule has 1 heterocycles. The number of rotatable bonds is 9. The fourth-order valence-electron chi connectivity index (χ4n) is 3.69. The van der Waals surface area contributed by atoms with E-state index in [-0.39, 0.29) is 31.0 Å². The Labute approximate surface area is 235 Å². The summed E-state index contributed by atoms with van der Waals surface area (Å²) in [7, 11) is 0. The van der Waals surface area contributed by atoms with Gasteiger partial charge >= 0.3 is 0 Å². The molecule has 0 unspecified atom stereocenters. The van der Waals surface area contributed by atoms with Crippen molar-refractivity contribution >= 4 is 52.4 Å². The lowest BCUT2D eigenvalue weighted by Crippen LogP contribution is -2.44. The smallest absolute Gasteiger partial charge is 0.261 e. The van der Waals surface area contributed by atoms with Crippen LogP contribution in [-0.4, -0.2) is 45.7 Å². The third-order valence-corrected chi connectivity index (χ3v) is 6.62. The minimum atomic E-state index is -0.389. The zero-order chi connectivity index (χ0) is 27.2. The molecule has 2 amide bonds. The van der Waals surface area contributed by atoms with Gasteiger partial charge in [0.2, 0.25) is 5.91 Å². The molecule has 0 bridgehead atoms. The van der Waals surface area contributed by atoms with Crippen molar-refractivity contribution in [2.45, 2.75) is 19.9 Å². The maximum atomic E-state index is 13.1. The van der Waals surface area contributed by atoms with Crippen LogP contribution in [0.3, 0.4) is 0 Å². The van der Waals surface area contributed by atoms with Crippen molar-refractivity contribution in [1.82, 2.24) is 14.7 Å². The summed E-state index contributed by atoms with van der Waals surface area (Å²) in [5, 5.41) is 8.90. The molecule has 0 radical (unpaired) electrons. The average Bonchev–Trinajstić information content (AvgIpc) is 3.32. The van der Waals surface area contributed by atoms with Gasteiger partial charge in [0.05, 0.1) is 21.4 Å². The minimum Gasteiger partial charge on any atom is -0.484 e. The highest BCUT2D eigenvalue weighted by atomic mass is 35.5. The van der Waals surface area contributed by atoms with E-state index in [1.807, 2.05) is 44.2 Å². The topological polar surface area (TPSA) is 76.5 Å². The Morgan fingerprint density at radius 3 is 2.32 bits per heavy atom. The van der Waals surface area contributed by atoms with Gasteiger partial charge in [-0.05, 0) is 56.3 Å². The van der Waals surface area contributed by atoms with Crippen molar-refractivity contribution in [3.05, 3.63) is 93.9 Å². The number of carbonyl (C=O) groups excluding carboxylic acids is 2. The van der Waals surface area contributed by atoms with Crippen LogP contribution in [0.1, 0.15) is 13.8 Å². The quantitative estimate of drug-likeness (QED) is 0.241. The van der Waals surface area contributed by atoms with Crippen molar-refractivity contribution in [2.24, 2.45) is 0 Å². The summed E-state index contributed by atoms with van der Waals surface area (Å²) in [6.45, 7) is 3.28. The summed E-state index contributed by atoms with van der Waals surface area (Å²) in [6.07, 6.45) is 0. The fourth-order valence-corrected chi connectivity index (χ4v) is 4.11. The van der Waals surface area contributed by atoms with Crippen LogP contribution < -0.4 is 10.1 Å². The van der Waals surface area contributed by atoms with Crippen LogP contribution >= 0.6 is 34.8 Å². The van der Waals surface area contributed by atoms with Crippen LogP contribution in [0.5, 0.6) is 5.75 Å². The molecule has 0 aliphatic rings.